The van der Waals surface area contributed by atoms with Gasteiger partial charge >= 0.3 is 0 Å². The highest BCUT2D eigenvalue weighted by Gasteiger charge is 2.26. The van der Waals surface area contributed by atoms with Crippen LogP contribution in [0, 0.1) is 18.3 Å². The summed E-state index contributed by atoms with van der Waals surface area (Å²) in [5.74, 6) is 0. The number of nitrogens with zero attached hydrogens (tertiary/aromatic N) is 4. The summed E-state index contributed by atoms with van der Waals surface area (Å²) >= 11 is 0. The fourth-order valence-corrected chi connectivity index (χ4v) is 2.30. The van der Waals surface area contributed by atoms with Crippen LogP contribution >= 0.6 is 0 Å². The molecule has 0 spiro atoms. The van der Waals surface area contributed by atoms with Gasteiger partial charge in [-0.25, -0.2) is 4.98 Å². The summed E-state index contributed by atoms with van der Waals surface area (Å²) in [5, 5.41) is 9.34. The minimum Gasteiger partial charge on any atom is -0.348 e. The van der Waals surface area contributed by atoms with Crippen LogP contribution in [0.3, 0.4) is 0 Å². The van der Waals surface area contributed by atoms with Gasteiger partial charge in [-0.05, 0) is 13.5 Å². The largest absolute Gasteiger partial charge is 0.348 e. The Morgan fingerprint density at radius 2 is 2.18 bits per heavy atom. The maximum absolute atomic E-state index is 9.34. The molecule has 5 nitrogen and oxygen atoms in total. The molecule has 1 aliphatic rings. The third-order valence-electron chi connectivity index (χ3n) is 3.47. The highest BCUT2D eigenvalue weighted by atomic mass is 15.3. The molecule has 1 aliphatic heterocycles. The van der Waals surface area contributed by atoms with E-state index in [1.165, 1.54) is 0 Å². The molecule has 0 saturated carbocycles. The first-order chi connectivity index (χ1) is 8.26. The molecule has 0 aromatic carbocycles. The van der Waals surface area contributed by atoms with Crippen molar-refractivity contribution in [2.45, 2.75) is 19.9 Å². The normalized spacial score (nSPS) is 20.1. The van der Waals surface area contributed by atoms with Crippen molar-refractivity contribution in [3.8, 4) is 6.07 Å². The fraction of sp³-hybridized carbons (Fsp3) is 0.667. The molecule has 2 rings (SSSR count). The molecule has 1 saturated heterocycles. The van der Waals surface area contributed by atoms with Crippen LogP contribution in [-0.2, 0) is 0 Å². The predicted molar refractivity (Wildman–Crippen MR) is 65.4 cm³/mol. The Morgan fingerprint density at radius 1 is 1.47 bits per heavy atom. The summed E-state index contributed by atoms with van der Waals surface area (Å²) < 4.78 is 0. The van der Waals surface area contributed by atoms with E-state index in [0.717, 1.165) is 44.1 Å². The fourth-order valence-electron chi connectivity index (χ4n) is 2.30. The molecular weight excluding hydrogens is 214 g/mol. The van der Waals surface area contributed by atoms with E-state index >= 15 is 0 Å². The van der Waals surface area contributed by atoms with Crippen molar-refractivity contribution in [2.75, 3.05) is 32.7 Å². The van der Waals surface area contributed by atoms with E-state index in [9.17, 15) is 5.26 Å². The Kier molecular flexibility index (Phi) is 3.77. The van der Waals surface area contributed by atoms with Gasteiger partial charge in [0, 0.05) is 31.9 Å². The Morgan fingerprint density at radius 3 is 2.65 bits per heavy atom. The number of nitrogens with one attached hydrogen (secondary N) is 1. The van der Waals surface area contributed by atoms with Crippen LogP contribution in [0.1, 0.15) is 24.4 Å². The van der Waals surface area contributed by atoms with E-state index in [-0.39, 0.29) is 6.04 Å². The number of hydrogen-bond acceptors (Lipinski definition) is 4. The number of imidazole rings is 1. The van der Waals surface area contributed by atoms with Crippen LogP contribution in [0.25, 0.3) is 0 Å². The molecule has 0 bridgehead atoms. The van der Waals surface area contributed by atoms with Crippen LogP contribution in [0.5, 0.6) is 0 Å². The van der Waals surface area contributed by atoms with Gasteiger partial charge in [0.2, 0.25) is 0 Å². The SMILES string of the molecule is CCN1CCN(C(C#N)c2nc[nH]c2C)CC1. The van der Waals surface area contributed by atoms with Crippen molar-refractivity contribution in [1.82, 2.24) is 19.8 Å². The van der Waals surface area contributed by atoms with Gasteiger partial charge in [-0.2, -0.15) is 5.26 Å². The van der Waals surface area contributed by atoms with Crippen molar-refractivity contribution in [3.63, 3.8) is 0 Å². The average Bonchev–Trinajstić information content (AvgIpc) is 2.78. The molecule has 1 N–H and O–H groups in total. The van der Waals surface area contributed by atoms with Crippen molar-refractivity contribution < 1.29 is 0 Å². The number of rotatable bonds is 3. The average molecular weight is 233 g/mol. The van der Waals surface area contributed by atoms with E-state index < -0.39 is 0 Å². The first kappa shape index (κ1) is 12.1. The summed E-state index contributed by atoms with van der Waals surface area (Å²) in [7, 11) is 0. The standard InChI is InChI=1S/C12H19N5/c1-3-16-4-6-17(7-5-16)11(8-13)12-10(2)14-9-15-12/h9,11H,3-7H2,1-2H3,(H,14,15). The Bertz CT molecular complexity index is 397. The second kappa shape index (κ2) is 5.30. The quantitative estimate of drug-likeness (QED) is 0.843. The van der Waals surface area contributed by atoms with E-state index in [0.29, 0.717) is 0 Å². The summed E-state index contributed by atoms with van der Waals surface area (Å²) in [6.45, 7) is 9.20. The number of piperazine rings is 1. The lowest BCUT2D eigenvalue weighted by Gasteiger charge is -2.36. The Balaban J connectivity index is 2.06. The van der Waals surface area contributed by atoms with Gasteiger partial charge in [0.15, 0.2) is 0 Å². The van der Waals surface area contributed by atoms with E-state index in [1.807, 2.05) is 6.92 Å². The smallest absolute Gasteiger partial charge is 0.142 e. The van der Waals surface area contributed by atoms with Crippen molar-refractivity contribution in [3.05, 3.63) is 17.7 Å². The van der Waals surface area contributed by atoms with Gasteiger partial charge in [-0.15, -0.1) is 0 Å². The third kappa shape index (κ3) is 2.48. The zero-order valence-corrected chi connectivity index (χ0v) is 10.5. The number of aromatic amines is 1. The van der Waals surface area contributed by atoms with E-state index in [2.05, 4.69) is 32.8 Å². The molecule has 0 aliphatic carbocycles. The maximum atomic E-state index is 9.34. The zero-order chi connectivity index (χ0) is 12.3. The Labute approximate surface area is 102 Å². The monoisotopic (exact) mass is 233 g/mol. The summed E-state index contributed by atoms with van der Waals surface area (Å²) in [6, 6.07) is 2.16. The predicted octanol–water partition coefficient (Wildman–Crippen LogP) is 0.920. The molecule has 92 valence electrons. The molecule has 5 heteroatoms. The van der Waals surface area contributed by atoms with Crippen molar-refractivity contribution in [2.24, 2.45) is 0 Å². The second-order valence-electron chi connectivity index (χ2n) is 4.41. The van der Waals surface area contributed by atoms with Crippen molar-refractivity contribution in [1.29, 1.82) is 5.26 Å². The lowest BCUT2D eigenvalue weighted by molar-refractivity contribution is 0.117. The van der Waals surface area contributed by atoms with Gasteiger partial charge in [-0.1, -0.05) is 6.92 Å². The minimum atomic E-state index is -0.208. The number of H-pyrrole nitrogens is 1. The highest BCUT2D eigenvalue weighted by Crippen LogP contribution is 2.21. The van der Waals surface area contributed by atoms with Crippen molar-refractivity contribution >= 4 is 0 Å². The van der Waals surface area contributed by atoms with Gasteiger partial charge in [0.25, 0.3) is 0 Å². The lowest BCUT2D eigenvalue weighted by Crippen LogP contribution is -2.47. The van der Waals surface area contributed by atoms with Gasteiger partial charge in [-0.3, -0.25) is 4.90 Å². The molecule has 1 unspecified atom stereocenters. The molecule has 1 aromatic heterocycles. The molecule has 2 heterocycles. The molecule has 0 radical (unpaired) electrons. The van der Waals surface area contributed by atoms with Crippen LogP contribution < -0.4 is 0 Å². The summed E-state index contributed by atoms with van der Waals surface area (Å²) in [4.78, 5) is 11.9. The van der Waals surface area contributed by atoms with Gasteiger partial charge < -0.3 is 9.88 Å². The number of aryl methyl sites for hydroxylation is 1. The molecular formula is C12H19N5. The molecule has 0 amide bonds. The minimum absolute atomic E-state index is 0.208. The van der Waals surface area contributed by atoms with Gasteiger partial charge in [0.05, 0.1) is 18.1 Å². The zero-order valence-electron chi connectivity index (χ0n) is 10.5. The number of nitriles is 1. The van der Waals surface area contributed by atoms with Crippen LogP contribution in [0.15, 0.2) is 6.33 Å². The molecule has 17 heavy (non-hydrogen) atoms. The van der Waals surface area contributed by atoms with Crippen LogP contribution in [0.4, 0.5) is 0 Å². The van der Waals surface area contributed by atoms with Crippen LogP contribution in [-0.4, -0.2) is 52.5 Å². The lowest BCUT2D eigenvalue weighted by atomic mass is 10.1. The highest BCUT2D eigenvalue weighted by molar-refractivity contribution is 5.20. The molecule has 1 fully saturated rings. The van der Waals surface area contributed by atoms with E-state index in [4.69, 9.17) is 0 Å². The number of likely N-dealkylation sites (N-methyl/N-ethyl adjacent to an activating group) is 1. The first-order valence-corrected chi connectivity index (χ1v) is 6.12. The first-order valence-electron chi connectivity index (χ1n) is 6.12. The number of aromatic nitrogens is 2. The Hall–Kier alpha value is -1.38. The van der Waals surface area contributed by atoms with Gasteiger partial charge in [0.1, 0.15) is 6.04 Å². The summed E-state index contributed by atoms with van der Waals surface area (Å²) in [5.41, 5.74) is 1.87. The molecule has 1 aromatic rings. The van der Waals surface area contributed by atoms with Crippen LogP contribution in [0.2, 0.25) is 0 Å². The third-order valence-corrected chi connectivity index (χ3v) is 3.47. The topological polar surface area (TPSA) is 58.9 Å². The second-order valence-corrected chi connectivity index (χ2v) is 4.41. The van der Waals surface area contributed by atoms with E-state index in [1.54, 1.807) is 6.33 Å². The maximum Gasteiger partial charge on any atom is 0.142 e. The molecule has 1 atom stereocenters. The summed E-state index contributed by atoms with van der Waals surface area (Å²) in [6.07, 6.45) is 1.66. The number of hydrogen-bond donors (Lipinski definition) is 1.